The van der Waals surface area contributed by atoms with E-state index in [1.54, 1.807) is 12.1 Å². The number of phenolic OH excluding ortho intramolecular Hbond substituents is 1. The number of para-hydroxylation sites is 1. The van der Waals surface area contributed by atoms with Gasteiger partial charge in [0.1, 0.15) is 11.4 Å². The van der Waals surface area contributed by atoms with Crippen molar-refractivity contribution in [2.75, 3.05) is 5.01 Å². The zero-order valence-corrected chi connectivity index (χ0v) is 13.2. The Labute approximate surface area is 135 Å². The van der Waals surface area contributed by atoms with Gasteiger partial charge >= 0.3 is 0 Å². The van der Waals surface area contributed by atoms with E-state index in [2.05, 4.69) is 17.7 Å². The second-order valence-corrected chi connectivity index (χ2v) is 5.80. The van der Waals surface area contributed by atoms with E-state index in [9.17, 15) is 5.11 Å². The first-order valence-corrected chi connectivity index (χ1v) is 7.80. The van der Waals surface area contributed by atoms with Crippen molar-refractivity contribution >= 4 is 23.0 Å². The fourth-order valence-corrected chi connectivity index (χ4v) is 3.11. The Hall–Kier alpha value is -2.11. The van der Waals surface area contributed by atoms with Gasteiger partial charge in [0.2, 0.25) is 0 Å². The van der Waals surface area contributed by atoms with Crippen molar-refractivity contribution in [2.45, 2.75) is 25.4 Å². The van der Waals surface area contributed by atoms with E-state index >= 15 is 0 Å². The number of hydrazine groups is 1. The molecule has 0 bridgehead atoms. The Morgan fingerprint density at radius 1 is 1.09 bits per heavy atom. The predicted molar refractivity (Wildman–Crippen MR) is 92.5 cm³/mol. The molecule has 1 saturated heterocycles. The lowest BCUT2D eigenvalue weighted by Crippen LogP contribution is -2.48. The van der Waals surface area contributed by atoms with Gasteiger partial charge < -0.3 is 10.4 Å². The number of anilines is 1. The third-order valence-electron chi connectivity index (χ3n) is 3.83. The van der Waals surface area contributed by atoms with E-state index in [0.717, 1.165) is 24.1 Å². The molecule has 2 aromatic carbocycles. The second-order valence-electron chi connectivity index (χ2n) is 5.42. The van der Waals surface area contributed by atoms with Gasteiger partial charge in [-0.15, -0.1) is 0 Å². The van der Waals surface area contributed by atoms with Crippen molar-refractivity contribution in [2.24, 2.45) is 0 Å². The molecule has 5 heteroatoms. The van der Waals surface area contributed by atoms with Gasteiger partial charge in [0.15, 0.2) is 5.11 Å². The molecule has 1 heterocycles. The van der Waals surface area contributed by atoms with Crippen molar-refractivity contribution in [3.63, 3.8) is 0 Å². The zero-order chi connectivity index (χ0) is 15.6. The molecule has 114 valence electrons. The molecular weight excluding hydrogens is 294 g/mol. The Morgan fingerprint density at radius 2 is 1.77 bits per heavy atom. The molecule has 0 spiro atoms. The molecular formula is C17H19N3OS. The molecule has 0 aliphatic carbocycles. The Balaban J connectivity index is 1.96. The lowest BCUT2D eigenvalue weighted by atomic mass is 9.95. The third kappa shape index (κ3) is 2.65. The number of benzene rings is 2. The normalized spacial score (nSPS) is 21.0. The van der Waals surface area contributed by atoms with Crippen LogP contribution >= 0.6 is 12.2 Å². The summed E-state index contributed by atoms with van der Waals surface area (Å²) in [4.78, 5) is 0. The van der Waals surface area contributed by atoms with Crippen LogP contribution in [0.4, 0.5) is 5.69 Å². The largest absolute Gasteiger partial charge is 0.508 e. The molecule has 1 fully saturated rings. The lowest BCUT2D eigenvalue weighted by molar-refractivity contribution is 0.319. The number of hydrogen-bond donors (Lipinski definition) is 3. The Kier molecular flexibility index (Phi) is 4.00. The SMILES string of the molecule is CCCC1(c2ccc(O)cc2)NC(=S)N(c2ccccc2)N1. The van der Waals surface area contributed by atoms with Crippen molar-refractivity contribution in [1.29, 1.82) is 0 Å². The quantitative estimate of drug-likeness (QED) is 0.757. The maximum Gasteiger partial charge on any atom is 0.190 e. The third-order valence-corrected chi connectivity index (χ3v) is 4.11. The average molecular weight is 313 g/mol. The highest BCUT2D eigenvalue weighted by molar-refractivity contribution is 7.80. The van der Waals surface area contributed by atoms with E-state index in [4.69, 9.17) is 12.2 Å². The van der Waals surface area contributed by atoms with Crippen LogP contribution in [0.3, 0.4) is 0 Å². The Morgan fingerprint density at radius 3 is 2.41 bits per heavy atom. The molecule has 0 amide bonds. The minimum atomic E-state index is -0.449. The van der Waals surface area contributed by atoms with Crippen LogP contribution in [-0.4, -0.2) is 10.2 Å². The average Bonchev–Trinajstić information content (AvgIpc) is 2.87. The topological polar surface area (TPSA) is 47.5 Å². The summed E-state index contributed by atoms with van der Waals surface area (Å²) in [5, 5.41) is 15.5. The smallest absolute Gasteiger partial charge is 0.190 e. The van der Waals surface area contributed by atoms with Gasteiger partial charge in [-0.05, 0) is 48.5 Å². The molecule has 4 nitrogen and oxygen atoms in total. The van der Waals surface area contributed by atoms with Crippen LogP contribution in [0.2, 0.25) is 0 Å². The highest BCUT2D eigenvalue weighted by atomic mass is 32.1. The minimum absolute atomic E-state index is 0.260. The maximum absolute atomic E-state index is 9.52. The number of nitrogens with one attached hydrogen (secondary N) is 2. The van der Waals surface area contributed by atoms with Gasteiger partial charge in [-0.25, -0.2) is 5.01 Å². The molecule has 1 aliphatic heterocycles. The van der Waals surface area contributed by atoms with Crippen molar-refractivity contribution in [1.82, 2.24) is 10.7 Å². The number of hydrogen-bond acceptors (Lipinski definition) is 3. The number of aromatic hydroxyl groups is 1. The van der Waals surface area contributed by atoms with Crippen LogP contribution in [0.15, 0.2) is 54.6 Å². The van der Waals surface area contributed by atoms with E-state index in [1.165, 1.54) is 0 Å². The van der Waals surface area contributed by atoms with Crippen molar-refractivity contribution in [3.8, 4) is 5.75 Å². The molecule has 3 N–H and O–H groups in total. The maximum atomic E-state index is 9.52. The van der Waals surface area contributed by atoms with Crippen LogP contribution in [0.1, 0.15) is 25.3 Å². The first-order valence-electron chi connectivity index (χ1n) is 7.39. The van der Waals surface area contributed by atoms with Crippen LogP contribution in [0, 0.1) is 0 Å². The predicted octanol–water partition coefficient (Wildman–Crippen LogP) is 3.24. The molecule has 1 unspecified atom stereocenters. The van der Waals surface area contributed by atoms with Gasteiger partial charge in [-0.3, -0.25) is 0 Å². The van der Waals surface area contributed by atoms with Crippen molar-refractivity contribution < 1.29 is 5.11 Å². The molecule has 1 aliphatic rings. The molecule has 0 radical (unpaired) electrons. The zero-order valence-electron chi connectivity index (χ0n) is 12.4. The van der Waals surface area contributed by atoms with Gasteiger partial charge in [0, 0.05) is 0 Å². The molecule has 0 aromatic heterocycles. The van der Waals surface area contributed by atoms with Crippen LogP contribution in [0.5, 0.6) is 5.75 Å². The van der Waals surface area contributed by atoms with E-state index in [0.29, 0.717) is 5.11 Å². The monoisotopic (exact) mass is 313 g/mol. The first kappa shape index (κ1) is 14.8. The molecule has 2 aromatic rings. The Bertz CT molecular complexity index is 659. The summed E-state index contributed by atoms with van der Waals surface area (Å²) in [5.41, 5.74) is 5.10. The summed E-state index contributed by atoms with van der Waals surface area (Å²) >= 11 is 5.51. The fourth-order valence-electron chi connectivity index (χ4n) is 2.79. The van der Waals surface area contributed by atoms with E-state index in [-0.39, 0.29) is 5.75 Å². The molecule has 0 saturated carbocycles. The van der Waals surface area contributed by atoms with Crippen LogP contribution in [0.25, 0.3) is 0 Å². The molecule has 3 rings (SSSR count). The summed E-state index contributed by atoms with van der Waals surface area (Å²) in [6.07, 6.45) is 1.87. The first-order chi connectivity index (χ1) is 10.6. The summed E-state index contributed by atoms with van der Waals surface area (Å²) in [6, 6.07) is 17.2. The number of phenols is 1. The number of nitrogens with zero attached hydrogens (tertiary/aromatic N) is 1. The summed E-state index contributed by atoms with van der Waals surface area (Å²) in [7, 11) is 0. The number of thiocarbonyl (C=S) groups is 1. The number of rotatable bonds is 4. The summed E-state index contributed by atoms with van der Waals surface area (Å²) in [5.74, 6) is 0.260. The standard InChI is InChI=1S/C17H19N3OS/c1-2-12-17(13-8-10-15(21)11-9-13)18-16(22)20(19-17)14-6-4-3-5-7-14/h3-11,19,21H,2,12H2,1H3,(H,18,22). The van der Waals surface area contributed by atoms with E-state index < -0.39 is 5.66 Å². The van der Waals surface area contributed by atoms with Gasteiger partial charge in [-0.2, -0.15) is 5.43 Å². The second kappa shape index (κ2) is 5.94. The summed E-state index contributed by atoms with van der Waals surface area (Å²) < 4.78 is 0. The highest BCUT2D eigenvalue weighted by Gasteiger charge is 2.41. The van der Waals surface area contributed by atoms with Crippen LogP contribution in [-0.2, 0) is 5.66 Å². The van der Waals surface area contributed by atoms with Crippen LogP contribution < -0.4 is 15.8 Å². The van der Waals surface area contributed by atoms with Gasteiger partial charge in [-0.1, -0.05) is 43.7 Å². The van der Waals surface area contributed by atoms with Crippen molar-refractivity contribution in [3.05, 3.63) is 60.2 Å². The molecule has 1 atom stereocenters. The minimum Gasteiger partial charge on any atom is -0.508 e. The van der Waals surface area contributed by atoms with Gasteiger partial charge in [0.25, 0.3) is 0 Å². The van der Waals surface area contributed by atoms with E-state index in [1.807, 2.05) is 47.5 Å². The fraction of sp³-hybridized carbons (Fsp3) is 0.235. The lowest BCUT2D eigenvalue weighted by Gasteiger charge is -2.30. The molecule has 22 heavy (non-hydrogen) atoms. The van der Waals surface area contributed by atoms with Gasteiger partial charge in [0.05, 0.1) is 5.69 Å². The summed E-state index contributed by atoms with van der Waals surface area (Å²) in [6.45, 7) is 2.14. The highest BCUT2D eigenvalue weighted by Crippen LogP contribution is 2.31.